The number of hydrogen-bond acceptors (Lipinski definition) is 3. The van der Waals surface area contributed by atoms with Gasteiger partial charge >= 0.3 is 0 Å². The van der Waals surface area contributed by atoms with Gasteiger partial charge < -0.3 is 9.38 Å². The zero-order valence-electron chi connectivity index (χ0n) is 8.33. The van der Waals surface area contributed by atoms with Crippen LogP contribution in [0.3, 0.4) is 0 Å². The molecule has 0 aromatic carbocycles. The summed E-state index contributed by atoms with van der Waals surface area (Å²) in [7, 11) is 6.25. The van der Waals surface area contributed by atoms with Crippen molar-refractivity contribution in [3.63, 3.8) is 0 Å². The second kappa shape index (κ2) is 3.94. The van der Waals surface area contributed by atoms with Crippen LogP contribution < -0.4 is 0 Å². The molecule has 0 aromatic rings. The van der Waals surface area contributed by atoms with Crippen molar-refractivity contribution in [3.05, 3.63) is 0 Å². The highest BCUT2D eigenvalue weighted by molar-refractivity contribution is 8.23. The van der Waals surface area contributed by atoms with Gasteiger partial charge in [-0.1, -0.05) is 24.0 Å². The molecule has 0 aromatic heterocycles. The molecule has 0 unspecified atom stereocenters. The summed E-state index contributed by atoms with van der Waals surface area (Å²) >= 11 is 6.82. The number of thiocarbonyl (C=S) groups is 1. The van der Waals surface area contributed by atoms with Crippen molar-refractivity contribution < 1.29 is 4.48 Å². The standard InChI is InChI=1S/C8H16N3S2/c1-11(2,3)6-7(9)10-4-5-13-8(10)12/h9H,4-6H2,1-3H3/q+1. The molecule has 13 heavy (non-hydrogen) atoms. The van der Waals surface area contributed by atoms with Gasteiger partial charge in [0.1, 0.15) is 10.9 Å². The Kier molecular flexibility index (Phi) is 3.32. The third-order valence-corrected chi connectivity index (χ3v) is 3.14. The topological polar surface area (TPSA) is 27.1 Å². The van der Waals surface area contributed by atoms with Gasteiger partial charge in [-0.15, -0.1) is 0 Å². The molecule has 1 rings (SSSR count). The van der Waals surface area contributed by atoms with Crippen LogP contribution >= 0.6 is 24.0 Å². The third kappa shape index (κ3) is 3.25. The molecule has 0 saturated carbocycles. The predicted molar refractivity (Wildman–Crippen MR) is 62.4 cm³/mol. The average molecular weight is 218 g/mol. The molecule has 0 spiro atoms. The molecule has 3 nitrogen and oxygen atoms in total. The summed E-state index contributed by atoms with van der Waals surface area (Å²) in [6.07, 6.45) is 0. The van der Waals surface area contributed by atoms with Crippen LogP contribution in [0.5, 0.6) is 0 Å². The number of hydrogen-bond donors (Lipinski definition) is 1. The molecule has 0 amide bonds. The van der Waals surface area contributed by atoms with E-state index in [0.29, 0.717) is 5.84 Å². The number of amidine groups is 1. The zero-order valence-corrected chi connectivity index (χ0v) is 9.97. The van der Waals surface area contributed by atoms with E-state index >= 15 is 0 Å². The predicted octanol–water partition coefficient (Wildman–Crippen LogP) is 1.00. The average Bonchev–Trinajstić information content (AvgIpc) is 2.30. The Bertz CT molecular complexity index is 232. The first-order valence-electron chi connectivity index (χ1n) is 4.22. The molecule has 74 valence electrons. The van der Waals surface area contributed by atoms with E-state index in [-0.39, 0.29) is 0 Å². The fourth-order valence-electron chi connectivity index (χ4n) is 1.17. The van der Waals surface area contributed by atoms with Gasteiger partial charge in [-0.3, -0.25) is 5.41 Å². The molecule has 0 bridgehead atoms. The highest BCUT2D eigenvalue weighted by Gasteiger charge is 2.24. The lowest BCUT2D eigenvalue weighted by molar-refractivity contribution is -0.861. The summed E-state index contributed by atoms with van der Waals surface area (Å²) < 4.78 is 1.64. The summed E-state index contributed by atoms with van der Waals surface area (Å²) in [5, 5.41) is 7.88. The van der Waals surface area contributed by atoms with E-state index in [4.69, 9.17) is 17.6 Å². The van der Waals surface area contributed by atoms with Gasteiger partial charge in [0.05, 0.1) is 21.1 Å². The monoisotopic (exact) mass is 218 g/mol. The van der Waals surface area contributed by atoms with Gasteiger partial charge in [0.15, 0.2) is 5.84 Å². The maximum absolute atomic E-state index is 7.88. The van der Waals surface area contributed by atoms with Crippen LogP contribution in [0.4, 0.5) is 0 Å². The minimum Gasteiger partial charge on any atom is -0.325 e. The number of thioether (sulfide) groups is 1. The Labute approximate surface area is 89.2 Å². The van der Waals surface area contributed by atoms with Gasteiger partial charge in [-0.2, -0.15) is 0 Å². The number of rotatable bonds is 2. The quantitative estimate of drug-likeness (QED) is 0.324. The lowest BCUT2D eigenvalue weighted by Gasteiger charge is -2.27. The highest BCUT2D eigenvalue weighted by atomic mass is 32.2. The van der Waals surface area contributed by atoms with E-state index in [1.165, 1.54) is 0 Å². The molecular weight excluding hydrogens is 202 g/mol. The van der Waals surface area contributed by atoms with Crippen molar-refractivity contribution >= 4 is 34.1 Å². The summed E-state index contributed by atoms with van der Waals surface area (Å²) in [5.74, 6) is 1.67. The Balaban J connectivity index is 2.53. The van der Waals surface area contributed by atoms with Crippen molar-refractivity contribution in [2.24, 2.45) is 0 Å². The van der Waals surface area contributed by atoms with Crippen LogP contribution in [0.2, 0.25) is 0 Å². The molecule has 1 aliphatic heterocycles. The second-order valence-electron chi connectivity index (χ2n) is 4.16. The Morgan fingerprint density at radius 1 is 1.62 bits per heavy atom. The SMILES string of the molecule is C[N+](C)(C)CC(=N)N1CCSC1=S. The summed E-state index contributed by atoms with van der Waals surface area (Å²) in [6, 6.07) is 0. The first-order valence-corrected chi connectivity index (χ1v) is 5.62. The first-order chi connectivity index (χ1) is 5.90. The minimum atomic E-state index is 0.641. The summed E-state index contributed by atoms with van der Waals surface area (Å²) in [5.41, 5.74) is 0. The van der Waals surface area contributed by atoms with Crippen LogP contribution in [-0.4, -0.2) is 59.5 Å². The molecule has 1 aliphatic rings. The molecule has 1 N–H and O–H groups in total. The molecule has 0 aliphatic carbocycles. The van der Waals surface area contributed by atoms with Gasteiger partial charge in [0, 0.05) is 12.3 Å². The molecular formula is C8H16N3S2+. The van der Waals surface area contributed by atoms with E-state index in [1.54, 1.807) is 11.8 Å². The summed E-state index contributed by atoms with van der Waals surface area (Å²) in [6.45, 7) is 1.64. The van der Waals surface area contributed by atoms with Crippen molar-refractivity contribution in [2.45, 2.75) is 0 Å². The maximum Gasteiger partial charge on any atom is 0.158 e. The van der Waals surface area contributed by atoms with Crippen molar-refractivity contribution in [1.29, 1.82) is 5.41 Å². The summed E-state index contributed by atoms with van der Waals surface area (Å²) in [4.78, 5) is 1.93. The smallest absolute Gasteiger partial charge is 0.158 e. The van der Waals surface area contributed by atoms with Crippen LogP contribution in [0, 0.1) is 5.41 Å². The Morgan fingerprint density at radius 2 is 2.23 bits per heavy atom. The van der Waals surface area contributed by atoms with Crippen molar-refractivity contribution in [3.8, 4) is 0 Å². The highest BCUT2D eigenvalue weighted by Crippen LogP contribution is 2.18. The molecule has 1 saturated heterocycles. The van der Waals surface area contributed by atoms with Crippen molar-refractivity contribution in [2.75, 3.05) is 40.0 Å². The normalized spacial score (nSPS) is 18.1. The maximum atomic E-state index is 7.88. The van der Waals surface area contributed by atoms with Crippen LogP contribution in [-0.2, 0) is 0 Å². The fourth-order valence-corrected chi connectivity index (χ4v) is 2.43. The molecule has 0 atom stereocenters. The van der Waals surface area contributed by atoms with E-state index in [9.17, 15) is 0 Å². The lowest BCUT2D eigenvalue weighted by Crippen LogP contribution is -2.45. The Morgan fingerprint density at radius 3 is 2.62 bits per heavy atom. The first kappa shape index (κ1) is 10.9. The Hall–Kier alpha value is -0.130. The molecule has 0 radical (unpaired) electrons. The van der Waals surface area contributed by atoms with Crippen LogP contribution in [0.25, 0.3) is 0 Å². The fraction of sp³-hybridized carbons (Fsp3) is 0.750. The third-order valence-electron chi connectivity index (χ3n) is 1.71. The number of likely N-dealkylation sites (N-methyl/N-ethyl adjacent to an activating group) is 1. The van der Waals surface area contributed by atoms with Gasteiger partial charge in [-0.05, 0) is 0 Å². The minimum absolute atomic E-state index is 0.641. The van der Waals surface area contributed by atoms with E-state index < -0.39 is 0 Å². The van der Waals surface area contributed by atoms with Gasteiger partial charge in [0.2, 0.25) is 0 Å². The van der Waals surface area contributed by atoms with E-state index in [0.717, 1.165) is 27.6 Å². The number of nitrogens with zero attached hydrogens (tertiary/aromatic N) is 2. The molecule has 1 fully saturated rings. The van der Waals surface area contributed by atoms with Crippen LogP contribution in [0.15, 0.2) is 0 Å². The van der Waals surface area contributed by atoms with Gasteiger partial charge in [-0.25, -0.2) is 0 Å². The van der Waals surface area contributed by atoms with Gasteiger partial charge in [0.25, 0.3) is 0 Å². The molecule has 1 heterocycles. The number of quaternary nitrogens is 1. The van der Waals surface area contributed by atoms with E-state index in [1.807, 2.05) is 4.90 Å². The largest absolute Gasteiger partial charge is 0.325 e. The van der Waals surface area contributed by atoms with E-state index in [2.05, 4.69) is 21.1 Å². The second-order valence-corrected chi connectivity index (χ2v) is 5.89. The number of nitrogens with one attached hydrogen (secondary N) is 1. The van der Waals surface area contributed by atoms with Crippen LogP contribution in [0.1, 0.15) is 0 Å². The lowest BCUT2D eigenvalue weighted by atomic mass is 10.4. The molecule has 5 heteroatoms. The zero-order chi connectivity index (χ0) is 10.1. The van der Waals surface area contributed by atoms with Crippen molar-refractivity contribution in [1.82, 2.24) is 4.90 Å².